The first kappa shape index (κ1) is 12.1. The minimum absolute atomic E-state index is 0.241. The van der Waals surface area contributed by atoms with Gasteiger partial charge in [-0.25, -0.2) is 9.37 Å². The van der Waals surface area contributed by atoms with Crippen LogP contribution in [0.5, 0.6) is 0 Å². The quantitative estimate of drug-likeness (QED) is 0.887. The van der Waals surface area contributed by atoms with Crippen molar-refractivity contribution in [3.63, 3.8) is 0 Å². The van der Waals surface area contributed by atoms with Gasteiger partial charge in [-0.05, 0) is 42.1 Å². The Morgan fingerprint density at radius 1 is 1.41 bits per heavy atom. The molecule has 0 saturated heterocycles. The van der Waals surface area contributed by atoms with E-state index in [0.717, 1.165) is 17.0 Å². The predicted octanol–water partition coefficient (Wildman–Crippen LogP) is 3.07. The highest BCUT2D eigenvalue weighted by atomic mass is 32.2. The summed E-state index contributed by atoms with van der Waals surface area (Å²) in [5, 5.41) is 3.68. The van der Waals surface area contributed by atoms with Gasteiger partial charge in [0.1, 0.15) is 12.1 Å². The molecule has 0 bridgehead atoms. The van der Waals surface area contributed by atoms with Crippen LogP contribution < -0.4 is 5.32 Å². The van der Waals surface area contributed by atoms with E-state index >= 15 is 0 Å². The Morgan fingerprint density at radius 2 is 2.29 bits per heavy atom. The topological polar surface area (TPSA) is 38.1 Å². The van der Waals surface area contributed by atoms with Crippen LogP contribution in [-0.2, 0) is 6.54 Å². The van der Waals surface area contributed by atoms with Crippen LogP contribution in [0.15, 0.2) is 45.2 Å². The Hall–Kier alpha value is -1.33. The van der Waals surface area contributed by atoms with Crippen molar-refractivity contribution >= 4 is 11.8 Å². The molecule has 90 valence electrons. The number of aromatic nitrogens is 1. The summed E-state index contributed by atoms with van der Waals surface area (Å²) >= 11 is 1.31. The predicted molar refractivity (Wildman–Crippen MR) is 64.4 cm³/mol. The summed E-state index contributed by atoms with van der Waals surface area (Å²) in [6.07, 6.45) is 3.07. The summed E-state index contributed by atoms with van der Waals surface area (Å²) in [6, 6.07) is 4.94. The maximum absolute atomic E-state index is 13.4. The summed E-state index contributed by atoms with van der Waals surface area (Å²) in [5.41, 5.74) is 0.918. The molecule has 1 N–H and O–H groups in total. The first-order chi connectivity index (χ1) is 8.28. The van der Waals surface area contributed by atoms with E-state index in [1.807, 2.05) is 13.0 Å². The van der Waals surface area contributed by atoms with Gasteiger partial charge in [0.05, 0.1) is 6.20 Å². The molecular formula is C12H13FN2OS. The van der Waals surface area contributed by atoms with Gasteiger partial charge in [-0.1, -0.05) is 6.92 Å². The summed E-state index contributed by atoms with van der Waals surface area (Å²) in [4.78, 5) is 4.78. The van der Waals surface area contributed by atoms with Gasteiger partial charge in [0.15, 0.2) is 0 Å². The molecule has 5 heteroatoms. The lowest BCUT2D eigenvalue weighted by atomic mass is 10.2. The second kappa shape index (κ2) is 5.84. The fourth-order valence-corrected chi connectivity index (χ4v) is 2.21. The lowest BCUT2D eigenvalue weighted by Gasteiger charge is -2.05. The standard InChI is InChI=1S/C12H13FN2OS/c1-2-14-8-9-5-10(13)7-11(6-9)17-12-15-3-4-16-12/h3-7,14H,2,8H2,1H3. The number of hydrogen-bond acceptors (Lipinski definition) is 4. The van der Waals surface area contributed by atoms with E-state index in [9.17, 15) is 4.39 Å². The van der Waals surface area contributed by atoms with Crippen molar-refractivity contribution in [1.29, 1.82) is 0 Å². The van der Waals surface area contributed by atoms with Gasteiger partial charge in [0.2, 0.25) is 0 Å². The van der Waals surface area contributed by atoms with Crippen LogP contribution >= 0.6 is 11.8 Å². The molecule has 0 fully saturated rings. The lowest BCUT2D eigenvalue weighted by molar-refractivity contribution is 0.454. The minimum Gasteiger partial charge on any atom is -0.440 e. The zero-order valence-corrected chi connectivity index (χ0v) is 10.3. The Bertz CT molecular complexity index is 473. The number of rotatable bonds is 5. The monoisotopic (exact) mass is 252 g/mol. The van der Waals surface area contributed by atoms with Gasteiger partial charge >= 0.3 is 0 Å². The van der Waals surface area contributed by atoms with Gasteiger partial charge < -0.3 is 9.73 Å². The summed E-state index contributed by atoms with van der Waals surface area (Å²) in [5.74, 6) is -0.241. The zero-order valence-electron chi connectivity index (χ0n) is 9.44. The molecule has 2 aromatic rings. The fraction of sp³-hybridized carbons (Fsp3) is 0.250. The van der Waals surface area contributed by atoms with Crippen molar-refractivity contribution in [3.05, 3.63) is 42.0 Å². The second-order valence-corrected chi connectivity index (χ2v) is 4.50. The molecule has 3 nitrogen and oxygen atoms in total. The van der Waals surface area contributed by atoms with E-state index in [4.69, 9.17) is 4.42 Å². The average molecular weight is 252 g/mol. The summed E-state index contributed by atoms with van der Waals surface area (Å²) < 4.78 is 18.5. The van der Waals surface area contributed by atoms with Crippen LogP contribution in [0.3, 0.4) is 0 Å². The van der Waals surface area contributed by atoms with E-state index < -0.39 is 0 Å². The number of hydrogen-bond donors (Lipinski definition) is 1. The van der Waals surface area contributed by atoms with Crippen LogP contribution in [0.25, 0.3) is 0 Å². The van der Waals surface area contributed by atoms with E-state index in [1.54, 1.807) is 6.20 Å². The van der Waals surface area contributed by atoms with Crippen LogP contribution in [0.1, 0.15) is 12.5 Å². The summed E-state index contributed by atoms with van der Waals surface area (Å²) in [7, 11) is 0. The van der Waals surface area contributed by atoms with Gasteiger partial charge in [-0.3, -0.25) is 0 Å². The van der Waals surface area contributed by atoms with Crippen LogP contribution in [0.2, 0.25) is 0 Å². The van der Waals surface area contributed by atoms with Crippen molar-refractivity contribution in [2.45, 2.75) is 23.6 Å². The molecule has 0 unspecified atom stereocenters. The zero-order chi connectivity index (χ0) is 12.1. The van der Waals surface area contributed by atoms with E-state index in [1.165, 1.54) is 30.2 Å². The Kier molecular flexibility index (Phi) is 4.17. The Balaban J connectivity index is 2.13. The van der Waals surface area contributed by atoms with Gasteiger partial charge in [0.25, 0.3) is 5.22 Å². The molecule has 0 aliphatic rings. The maximum atomic E-state index is 13.4. The third-order valence-electron chi connectivity index (χ3n) is 2.13. The van der Waals surface area contributed by atoms with Crippen LogP contribution in [0, 0.1) is 5.82 Å². The normalized spacial score (nSPS) is 10.7. The molecule has 0 atom stereocenters. The van der Waals surface area contributed by atoms with Crippen LogP contribution in [-0.4, -0.2) is 11.5 Å². The number of benzene rings is 1. The molecule has 0 amide bonds. The second-order valence-electron chi connectivity index (χ2n) is 3.48. The van der Waals surface area contributed by atoms with Crippen molar-refractivity contribution in [2.75, 3.05) is 6.54 Å². The highest BCUT2D eigenvalue weighted by Crippen LogP contribution is 2.27. The van der Waals surface area contributed by atoms with Gasteiger partial charge in [-0.15, -0.1) is 0 Å². The molecular weight excluding hydrogens is 239 g/mol. The average Bonchev–Trinajstić information content (AvgIpc) is 2.78. The molecule has 17 heavy (non-hydrogen) atoms. The largest absolute Gasteiger partial charge is 0.440 e. The lowest BCUT2D eigenvalue weighted by Crippen LogP contribution is -2.11. The number of oxazole rings is 1. The SMILES string of the molecule is CCNCc1cc(F)cc(Sc2ncco2)c1. The molecule has 1 aromatic heterocycles. The van der Waals surface area contributed by atoms with Gasteiger partial charge in [0, 0.05) is 11.4 Å². The molecule has 0 radical (unpaired) electrons. The molecule has 1 aromatic carbocycles. The van der Waals surface area contributed by atoms with Gasteiger partial charge in [-0.2, -0.15) is 0 Å². The maximum Gasteiger partial charge on any atom is 0.260 e. The van der Waals surface area contributed by atoms with Crippen molar-refractivity contribution in [2.24, 2.45) is 0 Å². The van der Waals surface area contributed by atoms with Crippen molar-refractivity contribution in [3.8, 4) is 0 Å². The molecule has 1 heterocycles. The molecule has 0 spiro atoms. The van der Waals surface area contributed by atoms with E-state index in [-0.39, 0.29) is 5.82 Å². The first-order valence-electron chi connectivity index (χ1n) is 5.35. The number of halogens is 1. The smallest absolute Gasteiger partial charge is 0.260 e. The number of nitrogens with one attached hydrogen (secondary N) is 1. The van der Waals surface area contributed by atoms with E-state index in [0.29, 0.717) is 11.8 Å². The molecule has 0 saturated carbocycles. The Labute approximate surface area is 103 Å². The van der Waals surface area contributed by atoms with Crippen molar-refractivity contribution in [1.82, 2.24) is 10.3 Å². The third-order valence-corrected chi connectivity index (χ3v) is 2.97. The van der Waals surface area contributed by atoms with E-state index in [2.05, 4.69) is 10.3 Å². The minimum atomic E-state index is -0.241. The number of nitrogens with zero attached hydrogens (tertiary/aromatic N) is 1. The fourth-order valence-electron chi connectivity index (χ4n) is 1.41. The van der Waals surface area contributed by atoms with Crippen molar-refractivity contribution < 1.29 is 8.81 Å². The highest BCUT2D eigenvalue weighted by Gasteiger charge is 2.05. The molecule has 2 rings (SSSR count). The third kappa shape index (κ3) is 3.57. The molecule has 0 aliphatic carbocycles. The Morgan fingerprint density at radius 3 is 3.00 bits per heavy atom. The first-order valence-corrected chi connectivity index (χ1v) is 6.17. The molecule has 0 aliphatic heterocycles. The van der Waals surface area contributed by atoms with Crippen LogP contribution in [0.4, 0.5) is 4.39 Å². The highest BCUT2D eigenvalue weighted by molar-refractivity contribution is 7.99. The summed E-state index contributed by atoms with van der Waals surface area (Å²) in [6.45, 7) is 3.54.